The lowest BCUT2D eigenvalue weighted by Crippen LogP contribution is -2.39. The van der Waals surface area contributed by atoms with Crippen LogP contribution in [0.3, 0.4) is 0 Å². The first-order valence-corrected chi connectivity index (χ1v) is 7.20. The Bertz CT molecular complexity index is 403. The van der Waals surface area contributed by atoms with Crippen molar-refractivity contribution in [1.82, 2.24) is 9.97 Å². The largest absolute Gasteiger partial charge is 0.378 e. The number of thioether (sulfide) groups is 1. The van der Waals surface area contributed by atoms with Crippen molar-refractivity contribution < 1.29 is 9.47 Å². The Hall–Kier alpha value is -1.09. The number of nitrogens with two attached hydrogens (primary N) is 1. The summed E-state index contributed by atoms with van der Waals surface area (Å²) in [5, 5.41) is 3.92. The standard InChI is InChI=1S/C11H19N5O2S/c1-17-11(3-4-18-7-11)6-13-8-5-9(16-12)15-10(14-8)19-2/h5H,3-4,6-7,12H2,1-2H3,(H2,13,14,15,16). The summed E-state index contributed by atoms with van der Waals surface area (Å²) in [6.07, 6.45) is 2.79. The highest BCUT2D eigenvalue weighted by atomic mass is 32.2. The van der Waals surface area contributed by atoms with Crippen LogP contribution in [0.4, 0.5) is 11.6 Å². The van der Waals surface area contributed by atoms with E-state index in [0.717, 1.165) is 18.8 Å². The number of hydrogen-bond acceptors (Lipinski definition) is 8. The number of hydrogen-bond donors (Lipinski definition) is 3. The quantitative estimate of drug-likeness (QED) is 0.304. The third kappa shape index (κ3) is 3.47. The van der Waals surface area contributed by atoms with Crippen LogP contribution in [0.25, 0.3) is 0 Å². The van der Waals surface area contributed by atoms with Gasteiger partial charge in [-0.2, -0.15) is 0 Å². The zero-order valence-electron chi connectivity index (χ0n) is 11.1. The van der Waals surface area contributed by atoms with Gasteiger partial charge in [-0.1, -0.05) is 11.8 Å². The molecule has 2 rings (SSSR count). The maximum atomic E-state index is 5.56. The Labute approximate surface area is 116 Å². The molecule has 106 valence electrons. The monoisotopic (exact) mass is 285 g/mol. The Kier molecular flexibility index (Phi) is 4.81. The Morgan fingerprint density at radius 2 is 2.32 bits per heavy atom. The van der Waals surface area contributed by atoms with E-state index in [1.165, 1.54) is 11.8 Å². The van der Waals surface area contributed by atoms with Gasteiger partial charge in [0.15, 0.2) is 5.16 Å². The molecule has 1 atom stereocenters. The molecule has 1 fully saturated rings. The molecule has 1 aromatic rings. The van der Waals surface area contributed by atoms with Crippen molar-refractivity contribution in [3.05, 3.63) is 6.07 Å². The summed E-state index contributed by atoms with van der Waals surface area (Å²) in [7, 11) is 1.70. The van der Waals surface area contributed by atoms with E-state index >= 15 is 0 Å². The van der Waals surface area contributed by atoms with E-state index < -0.39 is 0 Å². The van der Waals surface area contributed by atoms with Gasteiger partial charge in [0.1, 0.15) is 17.2 Å². The SMILES string of the molecule is COC1(CNc2cc(NN)nc(SC)n2)CCOC1. The molecule has 2 heterocycles. The molecule has 1 saturated heterocycles. The minimum Gasteiger partial charge on any atom is -0.378 e. The van der Waals surface area contributed by atoms with Gasteiger partial charge in [-0.05, 0) is 6.26 Å². The molecule has 1 aromatic heterocycles. The minimum absolute atomic E-state index is 0.277. The zero-order valence-corrected chi connectivity index (χ0v) is 11.9. The first kappa shape index (κ1) is 14.3. The second-order valence-corrected chi connectivity index (χ2v) is 5.09. The molecule has 0 radical (unpaired) electrons. The van der Waals surface area contributed by atoms with Gasteiger partial charge in [0.2, 0.25) is 0 Å². The summed E-state index contributed by atoms with van der Waals surface area (Å²) in [5.41, 5.74) is 2.26. The third-order valence-corrected chi connectivity index (χ3v) is 3.68. The van der Waals surface area contributed by atoms with E-state index in [0.29, 0.717) is 24.1 Å². The molecule has 1 unspecified atom stereocenters. The Morgan fingerprint density at radius 1 is 1.53 bits per heavy atom. The van der Waals surface area contributed by atoms with Crippen molar-refractivity contribution in [2.75, 3.05) is 43.9 Å². The van der Waals surface area contributed by atoms with Crippen LogP contribution in [0.5, 0.6) is 0 Å². The zero-order chi connectivity index (χ0) is 13.7. The van der Waals surface area contributed by atoms with Crippen LogP contribution >= 0.6 is 11.8 Å². The van der Waals surface area contributed by atoms with Crippen LogP contribution in [0.1, 0.15) is 6.42 Å². The smallest absolute Gasteiger partial charge is 0.191 e. The molecule has 0 aliphatic carbocycles. The molecule has 0 saturated carbocycles. The molecule has 19 heavy (non-hydrogen) atoms. The summed E-state index contributed by atoms with van der Waals surface area (Å²) in [6.45, 7) is 1.96. The summed E-state index contributed by atoms with van der Waals surface area (Å²) in [4.78, 5) is 8.58. The van der Waals surface area contributed by atoms with Gasteiger partial charge in [0.05, 0.1) is 6.61 Å². The predicted octanol–water partition coefficient (Wildman–Crippen LogP) is 0.701. The van der Waals surface area contributed by atoms with Crippen LogP contribution in [0.15, 0.2) is 11.2 Å². The van der Waals surface area contributed by atoms with E-state index in [9.17, 15) is 0 Å². The summed E-state index contributed by atoms with van der Waals surface area (Å²) in [6, 6.07) is 1.76. The number of aromatic nitrogens is 2. The topological polar surface area (TPSA) is 94.3 Å². The molecule has 4 N–H and O–H groups in total. The van der Waals surface area contributed by atoms with E-state index in [1.54, 1.807) is 13.2 Å². The second-order valence-electron chi connectivity index (χ2n) is 4.31. The first-order valence-electron chi connectivity index (χ1n) is 5.98. The molecule has 0 spiro atoms. The lowest BCUT2D eigenvalue weighted by atomic mass is 10.0. The van der Waals surface area contributed by atoms with Crippen molar-refractivity contribution in [2.24, 2.45) is 5.84 Å². The highest BCUT2D eigenvalue weighted by Crippen LogP contribution is 2.24. The van der Waals surface area contributed by atoms with Crippen molar-refractivity contribution in [2.45, 2.75) is 17.2 Å². The number of hydrazine groups is 1. The number of anilines is 2. The number of ether oxygens (including phenoxy) is 2. The first-order chi connectivity index (χ1) is 9.21. The average molecular weight is 285 g/mol. The highest BCUT2D eigenvalue weighted by molar-refractivity contribution is 7.98. The van der Waals surface area contributed by atoms with Crippen LogP contribution in [-0.4, -0.2) is 48.7 Å². The summed E-state index contributed by atoms with van der Waals surface area (Å²) >= 11 is 1.46. The van der Waals surface area contributed by atoms with Gasteiger partial charge in [0, 0.05) is 32.7 Å². The Balaban J connectivity index is 2.06. The van der Waals surface area contributed by atoms with Crippen molar-refractivity contribution in [3.63, 3.8) is 0 Å². The lowest BCUT2D eigenvalue weighted by Gasteiger charge is -2.26. The third-order valence-electron chi connectivity index (χ3n) is 3.13. The molecule has 0 aromatic carbocycles. The minimum atomic E-state index is -0.277. The fourth-order valence-electron chi connectivity index (χ4n) is 1.89. The van der Waals surface area contributed by atoms with Crippen LogP contribution < -0.4 is 16.6 Å². The molecule has 8 heteroatoms. The molecular weight excluding hydrogens is 266 g/mol. The van der Waals surface area contributed by atoms with E-state index in [4.69, 9.17) is 15.3 Å². The van der Waals surface area contributed by atoms with Crippen molar-refractivity contribution >= 4 is 23.4 Å². The summed E-state index contributed by atoms with van der Waals surface area (Å²) in [5.74, 6) is 6.69. The molecule has 7 nitrogen and oxygen atoms in total. The van der Waals surface area contributed by atoms with Crippen LogP contribution in [0.2, 0.25) is 0 Å². The maximum absolute atomic E-state index is 5.56. The highest BCUT2D eigenvalue weighted by Gasteiger charge is 2.34. The van der Waals surface area contributed by atoms with E-state index in [1.807, 2.05) is 6.26 Å². The van der Waals surface area contributed by atoms with Gasteiger partial charge in [-0.25, -0.2) is 15.8 Å². The van der Waals surface area contributed by atoms with Crippen LogP contribution in [-0.2, 0) is 9.47 Å². The molecule has 0 amide bonds. The Morgan fingerprint density at radius 3 is 2.89 bits per heavy atom. The van der Waals surface area contributed by atoms with Gasteiger partial charge in [-0.15, -0.1) is 0 Å². The van der Waals surface area contributed by atoms with Gasteiger partial charge in [0.25, 0.3) is 0 Å². The molecule has 0 bridgehead atoms. The molecule has 1 aliphatic heterocycles. The fourth-order valence-corrected chi connectivity index (χ4v) is 2.27. The lowest BCUT2D eigenvalue weighted by molar-refractivity contribution is -0.00626. The normalized spacial score (nSPS) is 22.5. The van der Waals surface area contributed by atoms with Crippen LogP contribution in [0, 0.1) is 0 Å². The average Bonchev–Trinajstić information content (AvgIpc) is 2.94. The molecular formula is C11H19N5O2S. The molecule has 1 aliphatic rings. The van der Waals surface area contributed by atoms with Gasteiger partial charge in [-0.3, -0.25) is 0 Å². The van der Waals surface area contributed by atoms with E-state index in [2.05, 4.69) is 20.7 Å². The fraction of sp³-hybridized carbons (Fsp3) is 0.636. The van der Waals surface area contributed by atoms with Gasteiger partial charge >= 0.3 is 0 Å². The number of nitrogens with one attached hydrogen (secondary N) is 2. The van der Waals surface area contributed by atoms with Gasteiger partial charge < -0.3 is 20.2 Å². The predicted molar refractivity (Wildman–Crippen MR) is 75.3 cm³/mol. The number of nitrogens with zero attached hydrogens (tertiary/aromatic N) is 2. The van der Waals surface area contributed by atoms with Crippen molar-refractivity contribution in [1.29, 1.82) is 0 Å². The number of rotatable bonds is 6. The number of methoxy groups -OCH3 is 1. The van der Waals surface area contributed by atoms with Crippen molar-refractivity contribution in [3.8, 4) is 0 Å². The summed E-state index contributed by atoms with van der Waals surface area (Å²) < 4.78 is 11.0. The second kappa shape index (κ2) is 6.38. The van der Waals surface area contributed by atoms with E-state index in [-0.39, 0.29) is 5.60 Å². The number of nitrogen functional groups attached to an aromatic ring is 1. The maximum Gasteiger partial charge on any atom is 0.191 e.